The average Bonchev–Trinajstić information content (AvgIpc) is 3.02. The normalized spacial score (nSPS) is 30.3. The third-order valence-corrected chi connectivity index (χ3v) is 9.24. The molecule has 2 aromatic rings. The zero-order valence-electron chi connectivity index (χ0n) is 24.3. The van der Waals surface area contributed by atoms with Crippen LogP contribution in [0.1, 0.15) is 68.8 Å². The van der Waals surface area contributed by atoms with E-state index in [1.54, 1.807) is 6.92 Å². The molecule has 0 spiro atoms. The number of ether oxygens (including phenoxy) is 4. The molecule has 0 radical (unpaired) electrons. The molecule has 0 saturated carbocycles. The van der Waals surface area contributed by atoms with Gasteiger partial charge in [-0.15, -0.1) is 0 Å². The highest BCUT2D eigenvalue weighted by molar-refractivity contribution is 6.31. The number of morpholine rings is 1. The summed E-state index contributed by atoms with van der Waals surface area (Å²) < 4.78 is 23.0. The number of hydrogen-bond donors (Lipinski definition) is 5. The van der Waals surface area contributed by atoms with Crippen LogP contribution in [-0.4, -0.2) is 118 Å². The maximum absolute atomic E-state index is 13.8. The van der Waals surface area contributed by atoms with Crippen molar-refractivity contribution in [3.05, 3.63) is 51.6 Å². The molecule has 5 N–H and O–H groups in total. The number of phenols is 2. The van der Waals surface area contributed by atoms with Crippen molar-refractivity contribution >= 4 is 17.3 Å². The molecule has 2 fully saturated rings. The number of aliphatic hydroxyl groups is 3. The molecular weight excluding hydrogens is 578 g/mol. The minimum atomic E-state index is -2.24. The number of Topliss-reactive ketones (excluding diaryl/α,β-unsaturated/α-hetero) is 1. The van der Waals surface area contributed by atoms with E-state index in [-0.39, 0.29) is 40.5 Å². The predicted molar refractivity (Wildman–Crippen MR) is 150 cm³/mol. The number of methoxy groups -OCH3 is 1. The molecule has 236 valence electrons. The number of fused-ring (bicyclic) bond motifs is 3. The zero-order chi connectivity index (χ0) is 31.5. The van der Waals surface area contributed by atoms with Crippen molar-refractivity contribution < 1.29 is 58.9 Å². The van der Waals surface area contributed by atoms with Crippen LogP contribution in [0.2, 0.25) is 0 Å². The molecule has 13 nitrogen and oxygen atoms in total. The number of benzene rings is 2. The first kappa shape index (κ1) is 30.6. The molecule has 2 aliphatic carbocycles. The van der Waals surface area contributed by atoms with E-state index in [0.717, 1.165) is 0 Å². The summed E-state index contributed by atoms with van der Waals surface area (Å²) >= 11 is 0. The van der Waals surface area contributed by atoms with Crippen molar-refractivity contribution in [1.29, 1.82) is 0 Å². The van der Waals surface area contributed by atoms with Crippen molar-refractivity contribution in [2.24, 2.45) is 0 Å². The number of nitrogens with zero attached hydrogens (tertiary/aromatic N) is 1. The molecule has 44 heavy (non-hydrogen) atoms. The quantitative estimate of drug-likeness (QED) is 0.240. The molecule has 2 unspecified atom stereocenters. The van der Waals surface area contributed by atoms with E-state index in [1.807, 2.05) is 0 Å². The maximum Gasteiger partial charge on any atom is 0.202 e. The number of ketones is 3. The molecule has 0 aromatic heterocycles. The van der Waals surface area contributed by atoms with E-state index in [2.05, 4.69) is 4.90 Å². The van der Waals surface area contributed by atoms with E-state index >= 15 is 0 Å². The molecule has 2 heterocycles. The van der Waals surface area contributed by atoms with Gasteiger partial charge in [0, 0.05) is 55.1 Å². The molecule has 2 aliphatic heterocycles. The first-order chi connectivity index (χ1) is 21.0. The van der Waals surface area contributed by atoms with Crippen LogP contribution >= 0.6 is 0 Å². The van der Waals surface area contributed by atoms with Crippen LogP contribution in [-0.2, 0) is 25.4 Å². The number of carbonyl (C=O) groups is 3. The van der Waals surface area contributed by atoms with E-state index in [0.29, 0.717) is 26.3 Å². The van der Waals surface area contributed by atoms with Crippen LogP contribution in [0.3, 0.4) is 0 Å². The van der Waals surface area contributed by atoms with Gasteiger partial charge in [-0.1, -0.05) is 12.1 Å². The lowest BCUT2D eigenvalue weighted by molar-refractivity contribution is -0.260. The fraction of sp³-hybridized carbons (Fsp3) is 0.516. The number of aromatic hydroxyl groups is 2. The van der Waals surface area contributed by atoms with Gasteiger partial charge in [-0.3, -0.25) is 19.3 Å². The first-order valence-electron chi connectivity index (χ1n) is 14.5. The fourth-order valence-electron chi connectivity index (χ4n) is 6.96. The molecule has 4 aliphatic rings. The maximum atomic E-state index is 13.8. The van der Waals surface area contributed by atoms with Crippen molar-refractivity contribution in [3.63, 3.8) is 0 Å². The first-order valence-corrected chi connectivity index (χ1v) is 14.5. The third-order valence-electron chi connectivity index (χ3n) is 9.24. The van der Waals surface area contributed by atoms with Crippen LogP contribution in [0, 0.1) is 0 Å². The van der Waals surface area contributed by atoms with Gasteiger partial charge in [0.25, 0.3) is 0 Å². The van der Waals surface area contributed by atoms with Gasteiger partial charge in [0.15, 0.2) is 17.9 Å². The molecule has 6 rings (SSSR count). The molecular formula is C31H35NO12. The lowest BCUT2D eigenvalue weighted by Gasteiger charge is -2.46. The van der Waals surface area contributed by atoms with Crippen LogP contribution in [0.25, 0.3) is 0 Å². The standard InChI is InChI=1S/C31H35NO12/c1-14-26(35)17(32-6-8-42-9-7-32)10-21(43-14)44-19-12-31(40,20(34)13-33)11-16-23(19)30(39)25-24(28(16)37)27(36)15-4-3-5-18(41-2)22(15)29(25)38/h3-5,14,17,19,21,26,33,35,37,39-40H,6-13H2,1-2H3/t14-,17-,19?,21-,26+,31?/m0/s1. The minimum absolute atomic E-state index is 0.0425. The Hall–Kier alpha value is -3.43. The van der Waals surface area contributed by atoms with Gasteiger partial charge in [0.05, 0.1) is 55.3 Å². The Morgan fingerprint density at radius 2 is 1.80 bits per heavy atom. The Bertz CT molecular complexity index is 1520. The summed E-state index contributed by atoms with van der Waals surface area (Å²) in [5.74, 6) is -3.68. The van der Waals surface area contributed by atoms with Crippen molar-refractivity contribution in [3.8, 4) is 17.2 Å². The highest BCUT2D eigenvalue weighted by Gasteiger charge is 2.50. The molecule has 13 heteroatoms. The minimum Gasteiger partial charge on any atom is -0.507 e. The predicted octanol–water partition coefficient (Wildman–Crippen LogP) is 0.375. The highest BCUT2D eigenvalue weighted by Crippen LogP contribution is 2.52. The Morgan fingerprint density at radius 3 is 2.48 bits per heavy atom. The van der Waals surface area contributed by atoms with Crippen molar-refractivity contribution in [2.45, 2.75) is 62.4 Å². The summed E-state index contributed by atoms with van der Waals surface area (Å²) in [7, 11) is 1.34. The number of phenolic OH excluding ortho intramolecular Hbond substituents is 2. The fourth-order valence-corrected chi connectivity index (χ4v) is 6.96. The molecule has 2 aromatic carbocycles. The van der Waals surface area contributed by atoms with Crippen molar-refractivity contribution in [1.82, 2.24) is 4.90 Å². The van der Waals surface area contributed by atoms with Gasteiger partial charge < -0.3 is 44.5 Å². The van der Waals surface area contributed by atoms with E-state index in [9.17, 15) is 39.9 Å². The van der Waals surface area contributed by atoms with Gasteiger partial charge in [-0.2, -0.15) is 0 Å². The monoisotopic (exact) mass is 613 g/mol. The van der Waals surface area contributed by atoms with Crippen LogP contribution in [0.15, 0.2) is 18.2 Å². The SMILES string of the molecule is COc1cccc2c1C(=O)c1c(O)c3c(c(O)c1C2=O)CC(O)(C(=O)CO)CC3O[C@H]1C[C@H](N2CCOCC2)[C@H](O)[C@H](C)O1. The number of carbonyl (C=O) groups excluding carboxylic acids is 3. The van der Waals surface area contributed by atoms with Gasteiger partial charge >= 0.3 is 0 Å². The summed E-state index contributed by atoms with van der Waals surface area (Å²) in [4.78, 5) is 42.3. The van der Waals surface area contributed by atoms with Crippen molar-refractivity contribution in [2.75, 3.05) is 40.0 Å². The smallest absolute Gasteiger partial charge is 0.202 e. The van der Waals surface area contributed by atoms with Gasteiger partial charge in [0.1, 0.15) is 29.5 Å². The molecule has 0 amide bonds. The summed E-state index contributed by atoms with van der Waals surface area (Å²) in [5, 5.41) is 55.2. The third kappa shape index (κ3) is 4.79. The van der Waals surface area contributed by atoms with Crippen LogP contribution in [0.4, 0.5) is 0 Å². The highest BCUT2D eigenvalue weighted by atomic mass is 16.7. The van der Waals surface area contributed by atoms with E-state index in [4.69, 9.17) is 18.9 Å². The van der Waals surface area contributed by atoms with Gasteiger partial charge in [0.2, 0.25) is 5.78 Å². The Morgan fingerprint density at radius 1 is 1.09 bits per heavy atom. The molecule has 2 saturated heterocycles. The lowest BCUT2D eigenvalue weighted by Crippen LogP contribution is -2.58. The Balaban J connectivity index is 1.45. The molecule has 0 bridgehead atoms. The van der Waals surface area contributed by atoms with Crippen LogP contribution in [0.5, 0.6) is 17.2 Å². The van der Waals surface area contributed by atoms with Crippen LogP contribution < -0.4 is 4.74 Å². The second kappa shape index (κ2) is 11.5. The second-order valence-electron chi connectivity index (χ2n) is 11.7. The summed E-state index contributed by atoms with van der Waals surface area (Å²) in [6, 6.07) is 4.04. The summed E-state index contributed by atoms with van der Waals surface area (Å²) in [6.07, 6.45) is -4.66. The number of rotatable bonds is 6. The summed E-state index contributed by atoms with van der Waals surface area (Å²) in [6.45, 7) is 2.83. The number of hydrogen-bond acceptors (Lipinski definition) is 13. The van der Waals surface area contributed by atoms with Gasteiger partial charge in [-0.05, 0) is 13.0 Å². The largest absolute Gasteiger partial charge is 0.507 e. The van der Waals surface area contributed by atoms with E-state index in [1.165, 1.54) is 25.3 Å². The lowest BCUT2D eigenvalue weighted by atomic mass is 9.72. The molecule has 6 atom stereocenters. The second-order valence-corrected chi connectivity index (χ2v) is 11.7. The average molecular weight is 614 g/mol. The van der Waals surface area contributed by atoms with E-state index < -0.39 is 89.6 Å². The topological polar surface area (TPSA) is 193 Å². The van der Waals surface area contributed by atoms with Gasteiger partial charge in [-0.25, -0.2) is 0 Å². The zero-order valence-corrected chi connectivity index (χ0v) is 24.3. The Labute approximate surface area is 252 Å². The Kier molecular flexibility index (Phi) is 7.99. The summed E-state index contributed by atoms with van der Waals surface area (Å²) in [5.41, 5.74) is -3.52. The number of aliphatic hydroxyl groups excluding tert-OH is 2.